The normalized spacial score (nSPS) is 11.2. The molecule has 2 aromatic carbocycles. The zero-order valence-corrected chi connectivity index (χ0v) is 15.4. The van der Waals surface area contributed by atoms with Gasteiger partial charge in [-0.1, -0.05) is 23.7 Å². The number of halogens is 1. The SMILES string of the molecule is CNS(=O)(=O)c1ccc(Cl)c(C(=O)NCCOc2cccc(C)c2)c1. The highest BCUT2D eigenvalue weighted by Crippen LogP contribution is 2.20. The van der Waals surface area contributed by atoms with Gasteiger partial charge in [0.15, 0.2) is 0 Å². The Hall–Kier alpha value is -2.09. The van der Waals surface area contributed by atoms with E-state index in [1.807, 2.05) is 31.2 Å². The molecule has 0 aromatic heterocycles. The Morgan fingerprint density at radius 1 is 1.20 bits per heavy atom. The van der Waals surface area contributed by atoms with Crippen molar-refractivity contribution in [2.24, 2.45) is 0 Å². The number of amides is 1. The van der Waals surface area contributed by atoms with E-state index in [-0.39, 0.29) is 28.6 Å². The van der Waals surface area contributed by atoms with Gasteiger partial charge in [-0.05, 0) is 49.9 Å². The monoisotopic (exact) mass is 382 g/mol. The summed E-state index contributed by atoms with van der Waals surface area (Å²) in [5, 5.41) is 2.83. The van der Waals surface area contributed by atoms with Gasteiger partial charge in [0.2, 0.25) is 10.0 Å². The highest BCUT2D eigenvalue weighted by Gasteiger charge is 2.17. The molecule has 0 bridgehead atoms. The minimum atomic E-state index is -3.65. The summed E-state index contributed by atoms with van der Waals surface area (Å²) in [5.41, 5.74) is 1.17. The van der Waals surface area contributed by atoms with Gasteiger partial charge < -0.3 is 10.1 Å². The van der Waals surface area contributed by atoms with E-state index < -0.39 is 15.9 Å². The number of sulfonamides is 1. The van der Waals surface area contributed by atoms with E-state index in [1.54, 1.807) is 0 Å². The standard InChI is InChI=1S/C17H19ClN2O4S/c1-12-4-3-5-13(10-12)24-9-8-20-17(21)15-11-14(6-7-16(15)18)25(22,23)19-2/h3-7,10-11,19H,8-9H2,1-2H3,(H,20,21). The third-order valence-electron chi connectivity index (χ3n) is 3.41. The molecule has 2 aromatic rings. The lowest BCUT2D eigenvalue weighted by Crippen LogP contribution is -2.28. The van der Waals surface area contributed by atoms with Gasteiger partial charge in [0, 0.05) is 0 Å². The van der Waals surface area contributed by atoms with Crippen molar-refractivity contribution in [3.63, 3.8) is 0 Å². The zero-order chi connectivity index (χ0) is 18.4. The second-order valence-corrected chi connectivity index (χ2v) is 7.56. The maximum atomic E-state index is 12.2. The lowest BCUT2D eigenvalue weighted by molar-refractivity contribution is 0.0947. The third-order valence-corrected chi connectivity index (χ3v) is 5.15. The van der Waals surface area contributed by atoms with Crippen molar-refractivity contribution >= 4 is 27.5 Å². The van der Waals surface area contributed by atoms with Crippen molar-refractivity contribution in [1.29, 1.82) is 0 Å². The zero-order valence-electron chi connectivity index (χ0n) is 13.9. The number of hydrogen-bond donors (Lipinski definition) is 2. The topological polar surface area (TPSA) is 84.5 Å². The van der Waals surface area contributed by atoms with Crippen LogP contribution >= 0.6 is 11.6 Å². The Morgan fingerprint density at radius 2 is 1.96 bits per heavy atom. The van der Waals surface area contributed by atoms with Gasteiger partial charge in [0.05, 0.1) is 22.0 Å². The van der Waals surface area contributed by atoms with Crippen molar-refractivity contribution in [3.05, 3.63) is 58.6 Å². The first-order chi connectivity index (χ1) is 11.8. The Bertz CT molecular complexity index is 869. The van der Waals surface area contributed by atoms with Gasteiger partial charge in [0.25, 0.3) is 5.91 Å². The van der Waals surface area contributed by atoms with Crippen LogP contribution in [0.15, 0.2) is 47.4 Å². The van der Waals surface area contributed by atoms with Crippen LogP contribution in [0.2, 0.25) is 5.02 Å². The van der Waals surface area contributed by atoms with Crippen LogP contribution in [-0.2, 0) is 10.0 Å². The molecule has 0 aliphatic rings. The Kier molecular flexibility index (Phi) is 6.41. The number of rotatable bonds is 7. The first kappa shape index (κ1) is 19.2. The molecule has 2 rings (SSSR count). The second kappa shape index (κ2) is 8.33. The minimum absolute atomic E-state index is 0.0273. The maximum Gasteiger partial charge on any atom is 0.252 e. The van der Waals surface area contributed by atoms with Crippen molar-refractivity contribution < 1.29 is 17.9 Å². The van der Waals surface area contributed by atoms with E-state index >= 15 is 0 Å². The summed E-state index contributed by atoms with van der Waals surface area (Å²) in [6.45, 7) is 2.50. The molecule has 0 spiro atoms. The van der Waals surface area contributed by atoms with Crippen molar-refractivity contribution in [1.82, 2.24) is 10.0 Å². The molecular formula is C17H19ClN2O4S. The summed E-state index contributed by atoms with van der Waals surface area (Å²) in [6, 6.07) is 11.5. The van der Waals surface area contributed by atoms with Gasteiger partial charge >= 0.3 is 0 Å². The molecular weight excluding hydrogens is 364 g/mol. The average molecular weight is 383 g/mol. The number of ether oxygens (including phenoxy) is 1. The number of carbonyl (C=O) groups is 1. The predicted octanol–water partition coefficient (Wildman–Crippen LogP) is 2.37. The Balaban J connectivity index is 1.97. The molecule has 134 valence electrons. The van der Waals surface area contributed by atoms with Gasteiger partial charge in [-0.3, -0.25) is 4.79 Å². The molecule has 8 heteroatoms. The van der Waals surface area contributed by atoms with Crippen molar-refractivity contribution in [2.45, 2.75) is 11.8 Å². The van der Waals surface area contributed by atoms with E-state index in [0.717, 1.165) is 11.3 Å². The van der Waals surface area contributed by atoms with Crippen LogP contribution in [0.4, 0.5) is 0 Å². The quantitative estimate of drug-likeness (QED) is 0.720. The van der Waals surface area contributed by atoms with Gasteiger partial charge in [0.1, 0.15) is 12.4 Å². The van der Waals surface area contributed by atoms with Crippen LogP contribution in [0.1, 0.15) is 15.9 Å². The molecule has 0 fully saturated rings. The summed E-state index contributed by atoms with van der Waals surface area (Å²) in [4.78, 5) is 12.2. The van der Waals surface area contributed by atoms with Crippen LogP contribution in [-0.4, -0.2) is 34.5 Å². The molecule has 0 atom stereocenters. The molecule has 0 unspecified atom stereocenters. The first-order valence-electron chi connectivity index (χ1n) is 7.54. The molecule has 25 heavy (non-hydrogen) atoms. The fourth-order valence-corrected chi connectivity index (χ4v) is 3.06. The van der Waals surface area contributed by atoms with Crippen molar-refractivity contribution in [3.8, 4) is 5.75 Å². The molecule has 0 saturated heterocycles. The molecule has 0 aliphatic heterocycles. The summed E-state index contributed by atoms with van der Waals surface area (Å²) >= 11 is 6.00. The van der Waals surface area contributed by atoms with E-state index in [2.05, 4.69) is 10.0 Å². The molecule has 0 radical (unpaired) electrons. The average Bonchev–Trinajstić information content (AvgIpc) is 2.59. The summed E-state index contributed by atoms with van der Waals surface area (Å²) in [5.74, 6) is 0.250. The highest BCUT2D eigenvalue weighted by atomic mass is 35.5. The van der Waals surface area contributed by atoms with E-state index in [0.29, 0.717) is 0 Å². The predicted molar refractivity (Wildman–Crippen MR) is 96.7 cm³/mol. The fraction of sp³-hybridized carbons (Fsp3) is 0.235. The van der Waals surface area contributed by atoms with E-state index in [4.69, 9.17) is 16.3 Å². The molecule has 2 N–H and O–H groups in total. The van der Waals surface area contributed by atoms with Crippen LogP contribution in [0.5, 0.6) is 5.75 Å². The van der Waals surface area contributed by atoms with Crippen LogP contribution < -0.4 is 14.8 Å². The smallest absolute Gasteiger partial charge is 0.252 e. The van der Waals surface area contributed by atoms with Gasteiger partial charge in [-0.15, -0.1) is 0 Å². The summed E-state index contributed by atoms with van der Waals surface area (Å²) < 4.78 is 31.4. The molecule has 0 saturated carbocycles. The van der Waals surface area contributed by atoms with E-state index in [1.165, 1.54) is 25.2 Å². The highest BCUT2D eigenvalue weighted by molar-refractivity contribution is 7.89. The first-order valence-corrected chi connectivity index (χ1v) is 9.40. The summed E-state index contributed by atoms with van der Waals surface area (Å²) in [7, 11) is -2.35. The molecule has 0 aliphatic carbocycles. The third kappa shape index (κ3) is 5.19. The number of aryl methyl sites for hydroxylation is 1. The van der Waals surface area contributed by atoms with Gasteiger partial charge in [-0.25, -0.2) is 13.1 Å². The number of nitrogens with one attached hydrogen (secondary N) is 2. The largest absolute Gasteiger partial charge is 0.492 e. The van der Waals surface area contributed by atoms with Crippen LogP contribution in [0.3, 0.4) is 0 Å². The van der Waals surface area contributed by atoms with Gasteiger partial charge in [-0.2, -0.15) is 0 Å². The molecule has 1 amide bonds. The molecule has 6 nitrogen and oxygen atoms in total. The fourth-order valence-electron chi connectivity index (χ4n) is 2.10. The number of carbonyl (C=O) groups excluding carboxylic acids is 1. The van der Waals surface area contributed by atoms with Crippen molar-refractivity contribution in [2.75, 3.05) is 20.2 Å². The number of hydrogen-bond acceptors (Lipinski definition) is 4. The molecule has 0 heterocycles. The lowest BCUT2D eigenvalue weighted by Gasteiger charge is -2.10. The second-order valence-electron chi connectivity index (χ2n) is 5.27. The summed E-state index contributed by atoms with van der Waals surface area (Å²) in [6.07, 6.45) is 0. The van der Waals surface area contributed by atoms with Crippen LogP contribution in [0.25, 0.3) is 0 Å². The lowest BCUT2D eigenvalue weighted by atomic mass is 10.2. The Morgan fingerprint density at radius 3 is 2.64 bits per heavy atom. The number of benzene rings is 2. The minimum Gasteiger partial charge on any atom is -0.492 e. The van der Waals surface area contributed by atoms with Crippen LogP contribution in [0, 0.1) is 6.92 Å². The maximum absolute atomic E-state index is 12.2. The Labute approximate surface area is 152 Å². The van der Waals surface area contributed by atoms with E-state index in [9.17, 15) is 13.2 Å².